The molecule has 0 saturated heterocycles. The summed E-state index contributed by atoms with van der Waals surface area (Å²) < 4.78 is 28.3. The number of aryl methyl sites for hydroxylation is 1. The highest BCUT2D eigenvalue weighted by atomic mass is 19.2. The van der Waals surface area contributed by atoms with E-state index in [0.717, 1.165) is 23.2 Å². The van der Waals surface area contributed by atoms with Gasteiger partial charge in [0.2, 0.25) is 0 Å². The summed E-state index contributed by atoms with van der Waals surface area (Å²) in [6.45, 7) is 0. The molecule has 0 fully saturated rings. The smallest absolute Gasteiger partial charge is 0.160 e. The fourth-order valence-corrected chi connectivity index (χ4v) is 2.14. The first-order valence-electron chi connectivity index (χ1n) is 5.74. The maximum Gasteiger partial charge on any atom is 0.160 e. The zero-order valence-corrected chi connectivity index (χ0v) is 10.2. The minimum atomic E-state index is -0.958. The van der Waals surface area contributed by atoms with E-state index in [0.29, 0.717) is 11.4 Å². The van der Waals surface area contributed by atoms with Crippen LogP contribution in [0, 0.1) is 11.6 Å². The monoisotopic (exact) mass is 259 g/mol. The zero-order chi connectivity index (χ0) is 13.6. The number of imidazole rings is 1. The molecule has 3 rings (SSSR count). The van der Waals surface area contributed by atoms with Crippen molar-refractivity contribution in [2.45, 2.75) is 0 Å². The summed E-state index contributed by atoms with van der Waals surface area (Å²) in [5.74, 6) is -1.38. The molecule has 3 aromatic rings. The summed E-state index contributed by atoms with van der Waals surface area (Å²) in [4.78, 5) is 4.41. The van der Waals surface area contributed by atoms with Crippen molar-refractivity contribution in [2.24, 2.45) is 7.05 Å². The van der Waals surface area contributed by atoms with Crippen molar-refractivity contribution in [1.82, 2.24) is 9.55 Å². The average Bonchev–Trinajstić information content (AvgIpc) is 2.72. The summed E-state index contributed by atoms with van der Waals surface area (Å²) in [6, 6.07) is 9.57. The van der Waals surface area contributed by atoms with Crippen molar-refractivity contribution in [3.63, 3.8) is 0 Å². The lowest BCUT2D eigenvalue weighted by molar-refractivity contribution is 0.509. The number of halogens is 2. The van der Waals surface area contributed by atoms with Crippen molar-refractivity contribution in [1.29, 1.82) is 0 Å². The Balaban J connectivity index is 2.30. The Bertz CT molecular complexity index is 778. The number of nitrogen functional groups attached to an aromatic ring is 1. The van der Waals surface area contributed by atoms with Gasteiger partial charge in [-0.05, 0) is 18.2 Å². The number of nitrogens with zero attached hydrogens (tertiary/aromatic N) is 2. The van der Waals surface area contributed by atoms with Gasteiger partial charge in [0.15, 0.2) is 11.6 Å². The number of fused-ring (bicyclic) bond motifs is 1. The van der Waals surface area contributed by atoms with Crippen molar-refractivity contribution in [2.75, 3.05) is 5.73 Å². The molecule has 0 aliphatic carbocycles. The normalized spacial score (nSPS) is 11.1. The highest BCUT2D eigenvalue weighted by molar-refractivity contribution is 5.83. The van der Waals surface area contributed by atoms with E-state index in [1.54, 1.807) is 4.57 Å². The van der Waals surface area contributed by atoms with E-state index in [9.17, 15) is 8.78 Å². The third-order valence-electron chi connectivity index (χ3n) is 3.12. The van der Waals surface area contributed by atoms with E-state index in [1.165, 1.54) is 0 Å². The van der Waals surface area contributed by atoms with Crippen LogP contribution in [0.25, 0.3) is 22.4 Å². The molecule has 0 aliphatic rings. The van der Waals surface area contributed by atoms with Gasteiger partial charge >= 0.3 is 0 Å². The van der Waals surface area contributed by atoms with E-state index >= 15 is 0 Å². The predicted molar refractivity (Wildman–Crippen MR) is 70.5 cm³/mol. The van der Waals surface area contributed by atoms with Crippen molar-refractivity contribution in [3.8, 4) is 11.4 Å². The van der Waals surface area contributed by atoms with Gasteiger partial charge < -0.3 is 10.3 Å². The molecule has 2 N–H and O–H groups in total. The standard InChI is InChI=1S/C14H11F2N3/c1-19-13-5-3-2-4-12(13)18-14(19)8-6-9(15)10(16)7-11(8)17/h2-7H,17H2,1H3. The lowest BCUT2D eigenvalue weighted by Gasteiger charge is -2.06. The molecule has 0 amide bonds. The number of para-hydroxylation sites is 2. The van der Waals surface area contributed by atoms with Gasteiger partial charge in [-0.1, -0.05) is 12.1 Å². The molecule has 0 unspecified atom stereocenters. The fraction of sp³-hybridized carbons (Fsp3) is 0.0714. The van der Waals surface area contributed by atoms with Crippen LogP contribution >= 0.6 is 0 Å². The number of benzene rings is 2. The van der Waals surface area contributed by atoms with E-state index < -0.39 is 11.6 Å². The molecule has 0 radical (unpaired) electrons. The molecule has 19 heavy (non-hydrogen) atoms. The Hall–Kier alpha value is -2.43. The molecule has 0 aliphatic heterocycles. The molecule has 1 aromatic heterocycles. The van der Waals surface area contributed by atoms with E-state index in [-0.39, 0.29) is 5.69 Å². The number of rotatable bonds is 1. The highest BCUT2D eigenvalue weighted by Crippen LogP contribution is 2.29. The van der Waals surface area contributed by atoms with Gasteiger partial charge in [-0.25, -0.2) is 13.8 Å². The lowest BCUT2D eigenvalue weighted by Crippen LogP contribution is -1.99. The second-order valence-corrected chi connectivity index (χ2v) is 4.34. The van der Waals surface area contributed by atoms with Crippen molar-refractivity contribution >= 4 is 16.7 Å². The Labute approximate surface area is 108 Å². The van der Waals surface area contributed by atoms with Crippen LogP contribution in [0.1, 0.15) is 0 Å². The predicted octanol–water partition coefficient (Wildman–Crippen LogP) is 3.10. The van der Waals surface area contributed by atoms with Crippen LogP contribution in [0.15, 0.2) is 36.4 Å². The first-order chi connectivity index (χ1) is 9.08. The summed E-state index contributed by atoms with van der Waals surface area (Å²) in [5, 5.41) is 0. The molecular weight excluding hydrogens is 248 g/mol. The van der Waals surface area contributed by atoms with Crippen LogP contribution in [-0.2, 0) is 7.05 Å². The number of anilines is 1. The quantitative estimate of drug-likeness (QED) is 0.682. The molecule has 0 bridgehead atoms. The Morgan fingerprint density at radius 1 is 1.11 bits per heavy atom. The van der Waals surface area contributed by atoms with E-state index in [2.05, 4.69) is 4.98 Å². The largest absolute Gasteiger partial charge is 0.398 e. The van der Waals surface area contributed by atoms with Gasteiger partial charge in [-0.2, -0.15) is 0 Å². The van der Waals surface area contributed by atoms with Gasteiger partial charge in [0.05, 0.1) is 11.0 Å². The van der Waals surface area contributed by atoms with Crippen LogP contribution in [0.4, 0.5) is 14.5 Å². The highest BCUT2D eigenvalue weighted by Gasteiger charge is 2.15. The van der Waals surface area contributed by atoms with Crippen LogP contribution in [-0.4, -0.2) is 9.55 Å². The topological polar surface area (TPSA) is 43.8 Å². The second-order valence-electron chi connectivity index (χ2n) is 4.34. The molecule has 3 nitrogen and oxygen atoms in total. The minimum absolute atomic E-state index is 0.164. The summed E-state index contributed by atoms with van der Waals surface area (Å²) in [7, 11) is 1.81. The molecule has 0 atom stereocenters. The average molecular weight is 259 g/mol. The molecule has 5 heteroatoms. The van der Waals surface area contributed by atoms with Crippen LogP contribution < -0.4 is 5.73 Å². The number of aromatic nitrogens is 2. The van der Waals surface area contributed by atoms with Crippen molar-refractivity contribution < 1.29 is 8.78 Å². The van der Waals surface area contributed by atoms with Crippen LogP contribution in [0.2, 0.25) is 0 Å². The molecule has 96 valence electrons. The van der Waals surface area contributed by atoms with Gasteiger partial charge in [0, 0.05) is 24.4 Å². The third-order valence-corrected chi connectivity index (χ3v) is 3.12. The number of nitrogens with two attached hydrogens (primary N) is 1. The van der Waals surface area contributed by atoms with E-state index in [1.807, 2.05) is 31.3 Å². The Morgan fingerprint density at radius 2 is 1.79 bits per heavy atom. The first-order valence-corrected chi connectivity index (χ1v) is 5.74. The molecule has 0 spiro atoms. The zero-order valence-electron chi connectivity index (χ0n) is 10.2. The maximum atomic E-state index is 13.4. The van der Waals surface area contributed by atoms with Crippen LogP contribution in [0.3, 0.4) is 0 Å². The SMILES string of the molecule is Cn1c(-c2cc(F)c(F)cc2N)nc2ccccc21. The summed E-state index contributed by atoms with van der Waals surface area (Å²) >= 11 is 0. The summed E-state index contributed by atoms with van der Waals surface area (Å²) in [6.07, 6.45) is 0. The third kappa shape index (κ3) is 1.74. The maximum absolute atomic E-state index is 13.4. The Morgan fingerprint density at radius 3 is 2.53 bits per heavy atom. The molecule has 2 aromatic carbocycles. The molecular formula is C14H11F2N3. The number of hydrogen-bond acceptors (Lipinski definition) is 2. The Kier molecular flexibility index (Phi) is 2.48. The van der Waals surface area contributed by atoms with Crippen LogP contribution in [0.5, 0.6) is 0 Å². The fourth-order valence-electron chi connectivity index (χ4n) is 2.14. The summed E-state index contributed by atoms with van der Waals surface area (Å²) in [5.41, 5.74) is 7.99. The lowest BCUT2D eigenvalue weighted by atomic mass is 10.1. The molecule has 1 heterocycles. The number of hydrogen-bond donors (Lipinski definition) is 1. The second kappa shape index (κ2) is 4.05. The van der Waals surface area contributed by atoms with Gasteiger partial charge in [-0.3, -0.25) is 0 Å². The minimum Gasteiger partial charge on any atom is -0.398 e. The molecule has 0 saturated carbocycles. The van der Waals surface area contributed by atoms with Gasteiger partial charge in [0.25, 0.3) is 0 Å². The van der Waals surface area contributed by atoms with Crippen molar-refractivity contribution in [3.05, 3.63) is 48.0 Å². The van der Waals surface area contributed by atoms with Gasteiger partial charge in [-0.15, -0.1) is 0 Å². The van der Waals surface area contributed by atoms with E-state index in [4.69, 9.17) is 5.73 Å². The van der Waals surface area contributed by atoms with Gasteiger partial charge in [0.1, 0.15) is 5.82 Å². The first kappa shape index (κ1) is 11.6.